The molecule has 0 amide bonds. The molecule has 1 saturated heterocycles. The average molecular weight is 295 g/mol. The lowest BCUT2D eigenvalue weighted by Crippen LogP contribution is -2.45. The highest BCUT2D eigenvalue weighted by molar-refractivity contribution is 5.81. The molecule has 0 spiro atoms. The second-order valence-corrected chi connectivity index (χ2v) is 4.73. The van der Waals surface area contributed by atoms with Crippen LogP contribution in [-0.2, 0) is 4.79 Å². The number of anilines is 1. The molecule has 2 rings (SSSR count). The zero-order valence-corrected chi connectivity index (χ0v) is 11.0. The maximum Gasteiger partial charge on any atom is 0.326 e. The van der Waals surface area contributed by atoms with Crippen molar-refractivity contribution in [1.29, 1.82) is 0 Å². The molecular formula is C12H13N3O6. The summed E-state index contributed by atoms with van der Waals surface area (Å²) in [6.45, 7) is 0.371. The van der Waals surface area contributed by atoms with Gasteiger partial charge in [0.1, 0.15) is 11.7 Å². The minimum atomic E-state index is -1.05. The molecule has 0 aliphatic carbocycles. The molecule has 0 bridgehead atoms. The Balaban J connectivity index is 2.48. The number of nitro benzene ring substituents is 2. The van der Waals surface area contributed by atoms with Gasteiger partial charge in [0, 0.05) is 12.6 Å². The normalized spacial score (nSPS) is 18.3. The van der Waals surface area contributed by atoms with E-state index in [0.717, 1.165) is 25.0 Å². The number of piperidine rings is 1. The van der Waals surface area contributed by atoms with Crippen molar-refractivity contribution in [1.82, 2.24) is 0 Å². The number of carbonyl (C=O) groups is 1. The van der Waals surface area contributed by atoms with E-state index >= 15 is 0 Å². The first-order valence-corrected chi connectivity index (χ1v) is 6.34. The van der Waals surface area contributed by atoms with E-state index in [1.807, 2.05) is 0 Å². The van der Waals surface area contributed by atoms with Gasteiger partial charge in [-0.2, -0.15) is 0 Å². The molecule has 0 aromatic heterocycles. The van der Waals surface area contributed by atoms with Crippen molar-refractivity contribution in [2.75, 3.05) is 11.4 Å². The largest absolute Gasteiger partial charge is 0.480 e. The monoisotopic (exact) mass is 295 g/mol. The van der Waals surface area contributed by atoms with Gasteiger partial charge >= 0.3 is 5.97 Å². The summed E-state index contributed by atoms with van der Waals surface area (Å²) >= 11 is 0. The number of aliphatic carboxylic acids is 1. The molecule has 9 heteroatoms. The topological polar surface area (TPSA) is 127 Å². The fraction of sp³-hybridized carbons (Fsp3) is 0.417. The molecule has 9 nitrogen and oxygen atoms in total. The summed E-state index contributed by atoms with van der Waals surface area (Å²) < 4.78 is 0. The summed E-state index contributed by atoms with van der Waals surface area (Å²) in [5.41, 5.74) is -0.732. The molecule has 0 radical (unpaired) electrons. The Morgan fingerprint density at radius 2 is 1.95 bits per heavy atom. The molecule has 1 heterocycles. The summed E-state index contributed by atoms with van der Waals surface area (Å²) in [6, 6.07) is 2.41. The number of carboxylic acid groups (broad SMARTS) is 1. The van der Waals surface area contributed by atoms with Gasteiger partial charge < -0.3 is 10.0 Å². The van der Waals surface area contributed by atoms with Gasteiger partial charge in [-0.05, 0) is 25.3 Å². The second-order valence-electron chi connectivity index (χ2n) is 4.73. The standard InChI is InChI=1S/C12H13N3O6/c16-12(17)10-3-1-2-6-13(10)9-5-4-8(14(18)19)7-11(9)15(20)21/h4-5,7,10H,1-3,6H2,(H,16,17). The maximum absolute atomic E-state index is 11.3. The quantitative estimate of drug-likeness (QED) is 0.664. The van der Waals surface area contributed by atoms with Crippen LogP contribution in [0.25, 0.3) is 0 Å². The summed E-state index contributed by atoms with van der Waals surface area (Å²) in [5, 5.41) is 31.1. The summed E-state index contributed by atoms with van der Waals surface area (Å²) in [4.78, 5) is 33.1. The van der Waals surface area contributed by atoms with Crippen LogP contribution in [-0.4, -0.2) is 33.5 Å². The number of rotatable bonds is 4. The fourth-order valence-corrected chi connectivity index (χ4v) is 2.49. The molecule has 1 unspecified atom stereocenters. The molecule has 1 atom stereocenters. The number of hydrogen-bond donors (Lipinski definition) is 1. The Bertz CT molecular complexity index is 603. The third-order valence-electron chi connectivity index (χ3n) is 3.46. The first-order chi connectivity index (χ1) is 9.91. The van der Waals surface area contributed by atoms with E-state index in [4.69, 9.17) is 0 Å². The zero-order chi connectivity index (χ0) is 15.6. The van der Waals surface area contributed by atoms with Crippen molar-refractivity contribution in [2.24, 2.45) is 0 Å². The number of hydrogen-bond acceptors (Lipinski definition) is 6. The van der Waals surface area contributed by atoms with Gasteiger partial charge in [-0.3, -0.25) is 20.2 Å². The zero-order valence-electron chi connectivity index (χ0n) is 11.0. The molecule has 112 valence electrons. The Morgan fingerprint density at radius 1 is 1.24 bits per heavy atom. The summed E-state index contributed by atoms with van der Waals surface area (Å²) in [6.07, 6.45) is 1.84. The molecule has 21 heavy (non-hydrogen) atoms. The van der Waals surface area contributed by atoms with Crippen molar-refractivity contribution in [3.05, 3.63) is 38.4 Å². The van der Waals surface area contributed by atoms with Crippen LogP contribution < -0.4 is 4.90 Å². The Kier molecular flexibility index (Phi) is 4.01. The minimum absolute atomic E-state index is 0.109. The average Bonchev–Trinajstić information content (AvgIpc) is 2.46. The van der Waals surface area contributed by atoms with Crippen LogP contribution in [0, 0.1) is 20.2 Å². The highest BCUT2D eigenvalue weighted by atomic mass is 16.6. The number of nitro groups is 2. The lowest BCUT2D eigenvalue weighted by Gasteiger charge is -2.34. The van der Waals surface area contributed by atoms with Crippen molar-refractivity contribution in [2.45, 2.75) is 25.3 Å². The van der Waals surface area contributed by atoms with Crippen LogP contribution in [0.2, 0.25) is 0 Å². The Labute approximate surface area is 119 Å². The van der Waals surface area contributed by atoms with E-state index in [2.05, 4.69) is 0 Å². The third kappa shape index (κ3) is 2.91. The Hall–Kier alpha value is -2.71. The molecule has 0 saturated carbocycles. The van der Waals surface area contributed by atoms with Crippen molar-refractivity contribution >= 4 is 23.0 Å². The highest BCUT2D eigenvalue weighted by Gasteiger charge is 2.33. The number of carboxylic acids is 1. The minimum Gasteiger partial charge on any atom is -0.480 e. The predicted octanol–water partition coefficient (Wildman–Crippen LogP) is 1.95. The number of nitrogens with zero attached hydrogens (tertiary/aromatic N) is 3. The van der Waals surface area contributed by atoms with E-state index in [1.54, 1.807) is 0 Å². The summed E-state index contributed by atoms with van der Waals surface area (Å²) in [7, 11) is 0. The van der Waals surface area contributed by atoms with Crippen LogP contribution in [0.15, 0.2) is 18.2 Å². The number of benzene rings is 1. The van der Waals surface area contributed by atoms with Gasteiger partial charge in [-0.1, -0.05) is 0 Å². The second kappa shape index (κ2) is 5.73. The first kappa shape index (κ1) is 14.7. The molecule has 1 aliphatic heterocycles. The molecule has 1 N–H and O–H groups in total. The third-order valence-corrected chi connectivity index (χ3v) is 3.46. The summed E-state index contributed by atoms with van der Waals surface area (Å²) in [5.74, 6) is -1.05. The van der Waals surface area contributed by atoms with Crippen molar-refractivity contribution in [3.63, 3.8) is 0 Å². The molecule has 1 aromatic rings. The van der Waals surface area contributed by atoms with Crippen LogP contribution >= 0.6 is 0 Å². The Morgan fingerprint density at radius 3 is 2.52 bits per heavy atom. The van der Waals surface area contributed by atoms with Gasteiger partial charge in [0.25, 0.3) is 11.4 Å². The molecular weight excluding hydrogens is 282 g/mol. The molecule has 1 fully saturated rings. The lowest BCUT2D eigenvalue weighted by molar-refractivity contribution is -0.393. The van der Waals surface area contributed by atoms with Gasteiger partial charge in [-0.15, -0.1) is 0 Å². The van der Waals surface area contributed by atoms with Gasteiger partial charge in [0.05, 0.1) is 15.9 Å². The van der Waals surface area contributed by atoms with E-state index in [9.17, 15) is 30.1 Å². The molecule has 1 aromatic carbocycles. The van der Waals surface area contributed by atoms with Crippen molar-refractivity contribution in [3.8, 4) is 0 Å². The van der Waals surface area contributed by atoms with E-state index in [0.29, 0.717) is 13.0 Å². The van der Waals surface area contributed by atoms with Crippen LogP contribution in [0.1, 0.15) is 19.3 Å². The molecule has 1 aliphatic rings. The number of non-ortho nitro benzene ring substituents is 1. The van der Waals surface area contributed by atoms with Crippen LogP contribution in [0.4, 0.5) is 17.1 Å². The van der Waals surface area contributed by atoms with E-state index in [-0.39, 0.29) is 5.69 Å². The van der Waals surface area contributed by atoms with E-state index < -0.39 is 33.2 Å². The predicted molar refractivity (Wildman–Crippen MR) is 72.4 cm³/mol. The van der Waals surface area contributed by atoms with Gasteiger partial charge in [0.15, 0.2) is 0 Å². The first-order valence-electron chi connectivity index (χ1n) is 6.34. The van der Waals surface area contributed by atoms with Gasteiger partial charge in [-0.25, -0.2) is 4.79 Å². The highest BCUT2D eigenvalue weighted by Crippen LogP contribution is 2.35. The van der Waals surface area contributed by atoms with Crippen LogP contribution in [0.5, 0.6) is 0 Å². The lowest BCUT2D eigenvalue weighted by atomic mass is 10.0. The SMILES string of the molecule is O=C(O)C1CCCCN1c1ccc([N+](=O)[O-])cc1[N+](=O)[O-]. The van der Waals surface area contributed by atoms with E-state index in [1.165, 1.54) is 11.0 Å². The van der Waals surface area contributed by atoms with Gasteiger partial charge in [0.2, 0.25) is 0 Å². The van der Waals surface area contributed by atoms with Crippen molar-refractivity contribution < 1.29 is 19.7 Å². The fourth-order valence-electron chi connectivity index (χ4n) is 2.49. The van der Waals surface area contributed by atoms with Crippen LogP contribution in [0.3, 0.4) is 0 Å². The smallest absolute Gasteiger partial charge is 0.326 e. The maximum atomic E-state index is 11.3.